The first-order chi connectivity index (χ1) is 14.5. The zero-order valence-electron chi connectivity index (χ0n) is 16.9. The van der Waals surface area contributed by atoms with E-state index in [-0.39, 0.29) is 17.8 Å². The maximum Gasteiger partial charge on any atom is 0.387 e. The molecule has 0 atom stereocenters. The van der Waals surface area contributed by atoms with Crippen molar-refractivity contribution in [2.24, 2.45) is 0 Å². The van der Waals surface area contributed by atoms with Crippen LogP contribution in [-0.4, -0.2) is 47.3 Å². The van der Waals surface area contributed by atoms with Crippen LogP contribution in [0.15, 0.2) is 30.5 Å². The number of urea groups is 1. The highest BCUT2D eigenvalue weighted by Gasteiger charge is 2.39. The van der Waals surface area contributed by atoms with Crippen molar-refractivity contribution < 1.29 is 18.3 Å². The molecule has 1 aromatic carbocycles. The monoisotopic (exact) mass is 418 g/mol. The third-order valence-electron chi connectivity index (χ3n) is 5.40. The molecule has 160 valence electrons. The van der Waals surface area contributed by atoms with Crippen LogP contribution in [-0.2, 0) is 0 Å². The van der Waals surface area contributed by atoms with E-state index in [0.717, 1.165) is 25.7 Å². The fourth-order valence-corrected chi connectivity index (χ4v) is 3.97. The second-order valence-electron chi connectivity index (χ2n) is 7.27. The summed E-state index contributed by atoms with van der Waals surface area (Å²) in [5.74, 6) is 1.12. The lowest BCUT2D eigenvalue weighted by Crippen LogP contribution is -2.59. The fraction of sp³-hybridized carbons (Fsp3) is 0.450. The average molecular weight is 418 g/mol. The third-order valence-corrected chi connectivity index (χ3v) is 5.40. The third kappa shape index (κ3) is 3.81. The van der Waals surface area contributed by atoms with E-state index in [1.54, 1.807) is 35.3 Å². The number of fused-ring (bicyclic) bond motifs is 1. The predicted molar refractivity (Wildman–Crippen MR) is 109 cm³/mol. The topological polar surface area (TPSA) is 73.8 Å². The summed E-state index contributed by atoms with van der Waals surface area (Å²) in [5, 5.41) is 6.83. The summed E-state index contributed by atoms with van der Waals surface area (Å²) >= 11 is 0. The van der Waals surface area contributed by atoms with Gasteiger partial charge in [-0.25, -0.2) is 14.8 Å². The summed E-state index contributed by atoms with van der Waals surface area (Å²) in [7, 11) is 1.72. The summed E-state index contributed by atoms with van der Waals surface area (Å²) in [5.41, 5.74) is 1.29. The van der Waals surface area contributed by atoms with Gasteiger partial charge in [-0.05, 0) is 44.0 Å². The van der Waals surface area contributed by atoms with Gasteiger partial charge in [0, 0.05) is 19.3 Å². The quantitative estimate of drug-likeness (QED) is 0.751. The van der Waals surface area contributed by atoms with Crippen molar-refractivity contribution in [3.05, 3.63) is 30.5 Å². The van der Waals surface area contributed by atoms with E-state index in [1.807, 2.05) is 11.9 Å². The normalized spacial score (nSPS) is 17.0. The van der Waals surface area contributed by atoms with Gasteiger partial charge in [0.05, 0.1) is 12.2 Å². The molecule has 4 rings (SSSR count). The summed E-state index contributed by atoms with van der Waals surface area (Å²) in [6.45, 7) is -0.380. The number of anilines is 4. The van der Waals surface area contributed by atoms with E-state index in [4.69, 9.17) is 4.98 Å². The van der Waals surface area contributed by atoms with Crippen LogP contribution in [0.1, 0.15) is 32.6 Å². The van der Waals surface area contributed by atoms with E-state index in [0.29, 0.717) is 29.7 Å². The maximum atomic E-state index is 12.8. The molecule has 8 nitrogen and oxygen atoms in total. The van der Waals surface area contributed by atoms with E-state index >= 15 is 0 Å². The molecule has 1 aliphatic heterocycles. The lowest BCUT2D eigenvalue weighted by atomic mass is 10.2. The van der Waals surface area contributed by atoms with Crippen molar-refractivity contribution in [2.75, 3.05) is 28.8 Å². The Morgan fingerprint density at radius 3 is 2.57 bits per heavy atom. The highest BCUT2D eigenvalue weighted by Crippen LogP contribution is 2.38. The van der Waals surface area contributed by atoms with Gasteiger partial charge in [-0.3, -0.25) is 9.91 Å². The first kappa shape index (κ1) is 20.1. The van der Waals surface area contributed by atoms with Gasteiger partial charge in [0.25, 0.3) is 0 Å². The van der Waals surface area contributed by atoms with E-state index < -0.39 is 6.61 Å². The number of nitrogens with one attached hydrogen (secondary N) is 1. The van der Waals surface area contributed by atoms with E-state index in [1.165, 1.54) is 12.1 Å². The zero-order valence-corrected chi connectivity index (χ0v) is 16.9. The number of carbonyl (C=O) groups excluding carboxylic acids is 1. The van der Waals surface area contributed by atoms with Gasteiger partial charge in [0.2, 0.25) is 5.95 Å². The molecule has 2 aliphatic rings. The van der Waals surface area contributed by atoms with Crippen LogP contribution in [0.3, 0.4) is 0 Å². The number of hydrazine groups is 1. The molecular weight excluding hydrogens is 394 g/mol. The van der Waals surface area contributed by atoms with Gasteiger partial charge >= 0.3 is 12.6 Å². The second kappa shape index (κ2) is 8.29. The number of ether oxygens (including phenoxy) is 1. The molecule has 30 heavy (non-hydrogen) atoms. The van der Waals surface area contributed by atoms with Crippen molar-refractivity contribution in [3.8, 4) is 5.75 Å². The van der Waals surface area contributed by atoms with Crippen LogP contribution in [0.5, 0.6) is 5.75 Å². The fourth-order valence-electron chi connectivity index (χ4n) is 3.97. The number of hydrogen-bond donors (Lipinski definition) is 1. The largest absolute Gasteiger partial charge is 0.435 e. The number of halogens is 2. The van der Waals surface area contributed by atoms with Crippen LogP contribution < -0.4 is 20.0 Å². The van der Waals surface area contributed by atoms with Gasteiger partial charge in [0.15, 0.2) is 5.82 Å². The smallest absolute Gasteiger partial charge is 0.387 e. The van der Waals surface area contributed by atoms with Crippen LogP contribution in [0, 0.1) is 0 Å². The minimum Gasteiger partial charge on any atom is -0.435 e. The van der Waals surface area contributed by atoms with Crippen LogP contribution in [0.2, 0.25) is 0 Å². The molecule has 1 aliphatic carbocycles. The molecule has 2 heterocycles. The van der Waals surface area contributed by atoms with Gasteiger partial charge in [-0.2, -0.15) is 13.8 Å². The van der Waals surface area contributed by atoms with E-state index in [9.17, 15) is 13.6 Å². The first-order valence-electron chi connectivity index (χ1n) is 10.0. The number of benzene rings is 1. The Morgan fingerprint density at radius 2 is 1.93 bits per heavy atom. The zero-order chi connectivity index (χ0) is 21.3. The first-order valence-corrected chi connectivity index (χ1v) is 10.0. The summed E-state index contributed by atoms with van der Waals surface area (Å²) in [6, 6.07) is 6.24. The van der Waals surface area contributed by atoms with Gasteiger partial charge in [-0.15, -0.1) is 0 Å². The highest BCUT2D eigenvalue weighted by atomic mass is 19.3. The lowest BCUT2D eigenvalue weighted by molar-refractivity contribution is -0.0498. The van der Waals surface area contributed by atoms with Gasteiger partial charge in [-0.1, -0.05) is 12.8 Å². The van der Waals surface area contributed by atoms with Gasteiger partial charge in [0.1, 0.15) is 11.4 Å². The Balaban J connectivity index is 1.63. The molecule has 1 N–H and O–H groups in total. The molecule has 2 aromatic rings. The van der Waals surface area contributed by atoms with Gasteiger partial charge < -0.3 is 10.1 Å². The minimum absolute atomic E-state index is 0.0769. The van der Waals surface area contributed by atoms with Crippen LogP contribution >= 0.6 is 0 Å². The molecule has 0 saturated heterocycles. The van der Waals surface area contributed by atoms with Crippen LogP contribution in [0.4, 0.5) is 36.7 Å². The predicted octanol–water partition coefficient (Wildman–Crippen LogP) is 4.38. The summed E-state index contributed by atoms with van der Waals surface area (Å²) in [4.78, 5) is 23.5. The van der Waals surface area contributed by atoms with E-state index in [2.05, 4.69) is 15.0 Å². The molecule has 1 fully saturated rings. The molecule has 1 aromatic heterocycles. The number of alkyl halides is 2. The maximum absolute atomic E-state index is 12.8. The van der Waals surface area contributed by atoms with Crippen molar-refractivity contribution in [1.29, 1.82) is 0 Å². The molecular formula is C20H24F2N6O2. The molecule has 10 heteroatoms. The summed E-state index contributed by atoms with van der Waals surface area (Å²) in [6.07, 6.45) is 5.89. The Morgan fingerprint density at radius 1 is 1.23 bits per heavy atom. The number of amides is 2. The SMILES string of the molecule is CCN1C(=O)N(C)c2cnc(Nc3ccc(OC(F)F)cc3)nc2N1C1CCCC1. The van der Waals surface area contributed by atoms with Crippen molar-refractivity contribution in [2.45, 2.75) is 45.3 Å². The number of carbonyl (C=O) groups is 1. The number of rotatable bonds is 6. The van der Waals surface area contributed by atoms with Crippen molar-refractivity contribution in [1.82, 2.24) is 15.0 Å². The molecule has 2 amide bonds. The highest BCUT2D eigenvalue weighted by molar-refractivity contribution is 5.98. The lowest BCUT2D eigenvalue weighted by Gasteiger charge is -2.45. The number of nitrogens with zero attached hydrogens (tertiary/aromatic N) is 5. The standard InChI is InChI=1S/C20H24F2N6O2/c1-3-27-20(29)26(2)16-12-23-19(25-17(16)28(27)14-6-4-5-7-14)24-13-8-10-15(11-9-13)30-18(21)22/h8-12,14,18H,3-7H2,1-2H3,(H,23,24,25). The van der Waals surface area contributed by atoms with Crippen molar-refractivity contribution in [3.63, 3.8) is 0 Å². The molecule has 0 radical (unpaired) electrons. The van der Waals surface area contributed by atoms with Crippen molar-refractivity contribution >= 4 is 29.2 Å². The molecule has 0 bridgehead atoms. The Kier molecular flexibility index (Phi) is 5.56. The Bertz CT molecular complexity index is 905. The summed E-state index contributed by atoms with van der Waals surface area (Å²) < 4.78 is 29.0. The second-order valence-corrected chi connectivity index (χ2v) is 7.27. The molecule has 0 spiro atoms. The number of hydrogen-bond acceptors (Lipinski definition) is 6. The molecule has 1 saturated carbocycles. The average Bonchev–Trinajstić information content (AvgIpc) is 3.26. The minimum atomic E-state index is -2.87. The molecule has 0 unspecified atom stereocenters. The van der Waals surface area contributed by atoms with Crippen LogP contribution in [0.25, 0.3) is 0 Å². The Labute approximate surface area is 173 Å². The number of aromatic nitrogens is 2. The Hall–Kier alpha value is -3.17.